The van der Waals surface area contributed by atoms with E-state index in [1.54, 1.807) is 31.2 Å². The lowest BCUT2D eigenvalue weighted by Crippen LogP contribution is -2.14. The maximum absolute atomic E-state index is 11.3. The average molecular weight is 271 g/mol. The Kier molecular flexibility index (Phi) is 6.00. The van der Waals surface area contributed by atoms with Crippen molar-refractivity contribution in [1.29, 1.82) is 0 Å². The molecule has 0 fully saturated rings. The maximum Gasteiger partial charge on any atom is 0.411 e. The van der Waals surface area contributed by atoms with Crippen LogP contribution in [0, 0.1) is 0 Å². The monoisotopic (exact) mass is 270 g/mol. The molecule has 0 bridgehead atoms. The summed E-state index contributed by atoms with van der Waals surface area (Å²) in [4.78, 5) is 22.4. The normalized spacial score (nSPS) is 9.67. The van der Waals surface area contributed by atoms with Gasteiger partial charge in [0.15, 0.2) is 0 Å². The maximum atomic E-state index is 11.3. The van der Waals surface area contributed by atoms with E-state index in [9.17, 15) is 9.59 Å². The van der Waals surface area contributed by atoms with Crippen molar-refractivity contribution in [2.45, 2.75) is 13.3 Å². The molecule has 1 rings (SSSR count). The Morgan fingerprint density at radius 1 is 1.17 bits per heavy atom. The second-order valence-corrected chi connectivity index (χ2v) is 3.79. The molecule has 2 amide bonds. The zero-order chi connectivity index (χ0) is 13.4. The Labute approximate surface area is 110 Å². The van der Waals surface area contributed by atoms with Crippen molar-refractivity contribution in [3.8, 4) is 0 Å². The summed E-state index contributed by atoms with van der Waals surface area (Å²) < 4.78 is 4.74. The number of alkyl halides is 1. The Balaban J connectivity index is 2.52. The van der Waals surface area contributed by atoms with Gasteiger partial charge in [-0.25, -0.2) is 4.79 Å². The number of benzene rings is 1. The van der Waals surface area contributed by atoms with Crippen molar-refractivity contribution in [3.63, 3.8) is 0 Å². The second kappa shape index (κ2) is 7.55. The molecule has 0 radical (unpaired) electrons. The quantitative estimate of drug-likeness (QED) is 0.809. The fourth-order valence-corrected chi connectivity index (χ4v) is 1.40. The van der Waals surface area contributed by atoms with Gasteiger partial charge in [-0.3, -0.25) is 10.1 Å². The predicted molar refractivity (Wildman–Crippen MR) is 71.1 cm³/mol. The van der Waals surface area contributed by atoms with Crippen LogP contribution in [0.25, 0.3) is 0 Å². The Hall–Kier alpha value is -1.75. The van der Waals surface area contributed by atoms with Crippen molar-refractivity contribution >= 4 is 35.0 Å². The number of halogens is 1. The molecule has 18 heavy (non-hydrogen) atoms. The number of ether oxygens (including phenoxy) is 1. The number of carbonyl (C=O) groups is 2. The summed E-state index contributed by atoms with van der Waals surface area (Å²) in [6, 6.07) is 6.72. The van der Waals surface area contributed by atoms with E-state index in [0.29, 0.717) is 18.0 Å². The summed E-state index contributed by atoms with van der Waals surface area (Å²) in [5.41, 5.74) is 1.25. The molecule has 1 aromatic carbocycles. The molecule has 0 aliphatic heterocycles. The van der Waals surface area contributed by atoms with Gasteiger partial charge in [-0.05, 0) is 31.2 Å². The van der Waals surface area contributed by atoms with Crippen LogP contribution >= 0.6 is 11.6 Å². The molecule has 0 aliphatic rings. The minimum atomic E-state index is -0.503. The van der Waals surface area contributed by atoms with E-state index in [0.717, 1.165) is 0 Å². The molecule has 0 atom stereocenters. The lowest BCUT2D eigenvalue weighted by molar-refractivity contribution is -0.115. The molecule has 0 saturated heterocycles. The summed E-state index contributed by atoms with van der Waals surface area (Å²) in [6.45, 7) is 2.05. The minimum absolute atomic E-state index is 0.142. The number of anilines is 2. The zero-order valence-electron chi connectivity index (χ0n) is 10.0. The first-order chi connectivity index (χ1) is 8.65. The third kappa shape index (κ3) is 5.05. The molecular formula is C12H15ClN2O3. The highest BCUT2D eigenvalue weighted by molar-refractivity contribution is 6.19. The van der Waals surface area contributed by atoms with E-state index in [1.807, 2.05) is 0 Å². The van der Waals surface area contributed by atoms with Crippen LogP contribution in [0.2, 0.25) is 0 Å². The van der Waals surface area contributed by atoms with E-state index in [2.05, 4.69) is 10.6 Å². The highest BCUT2D eigenvalue weighted by Crippen LogP contribution is 2.14. The van der Waals surface area contributed by atoms with Crippen LogP contribution in [-0.4, -0.2) is 24.5 Å². The second-order valence-electron chi connectivity index (χ2n) is 3.41. The number of nitrogens with one attached hydrogen (secondary N) is 2. The fourth-order valence-electron chi connectivity index (χ4n) is 1.23. The van der Waals surface area contributed by atoms with Crippen molar-refractivity contribution < 1.29 is 14.3 Å². The largest absolute Gasteiger partial charge is 0.450 e. The Bertz CT molecular complexity index is 367. The van der Waals surface area contributed by atoms with Gasteiger partial charge < -0.3 is 10.1 Å². The standard InChI is InChI=1S/C12H15ClN2O3/c1-2-18-12(17)15-10-5-3-9(4-6-10)14-11(16)7-8-13/h3-6H,2,7-8H2,1H3,(H,14,16)(H,15,17). The van der Waals surface area contributed by atoms with Gasteiger partial charge in [0, 0.05) is 23.7 Å². The molecule has 0 saturated carbocycles. The molecule has 6 heteroatoms. The first kappa shape index (κ1) is 14.3. The Morgan fingerprint density at radius 2 is 1.72 bits per heavy atom. The van der Waals surface area contributed by atoms with Gasteiger partial charge in [0.05, 0.1) is 6.61 Å². The van der Waals surface area contributed by atoms with Gasteiger partial charge >= 0.3 is 6.09 Å². The molecule has 0 aromatic heterocycles. The van der Waals surface area contributed by atoms with E-state index < -0.39 is 6.09 Å². The summed E-state index contributed by atoms with van der Waals surface area (Å²) in [5.74, 6) is 0.144. The number of rotatable bonds is 5. The van der Waals surface area contributed by atoms with Crippen molar-refractivity contribution in [2.75, 3.05) is 23.1 Å². The highest BCUT2D eigenvalue weighted by Gasteiger charge is 2.03. The molecule has 98 valence electrons. The average Bonchev–Trinajstić information content (AvgIpc) is 2.32. The van der Waals surface area contributed by atoms with Gasteiger partial charge in [-0.2, -0.15) is 0 Å². The third-order valence-electron chi connectivity index (χ3n) is 2.01. The molecule has 0 spiro atoms. The minimum Gasteiger partial charge on any atom is -0.450 e. The fraction of sp³-hybridized carbons (Fsp3) is 0.333. The van der Waals surface area contributed by atoms with Crippen LogP contribution in [0.15, 0.2) is 24.3 Å². The molecule has 5 nitrogen and oxygen atoms in total. The van der Waals surface area contributed by atoms with Crippen LogP contribution in [0.4, 0.5) is 16.2 Å². The van der Waals surface area contributed by atoms with Crippen LogP contribution in [0.3, 0.4) is 0 Å². The number of amides is 2. The zero-order valence-corrected chi connectivity index (χ0v) is 10.8. The first-order valence-corrected chi connectivity index (χ1v) is 6.08. The van der Waals surface area contributed by atoms with E-state index in [-0.39, 0.29) is 18.2 Å². The van der Waals surface area contributed by atoms with Crippen molar-refractivity contribution in [2.24, 2.45) is 0 Å². The first-order valence-electron chi connectivity index (χ1n) is 5.55. The van der Waals surface area contributed by atoms with Gasteiger partial charge in [0.1, 0.15) is 0 Å². The van der Waals surface area contributed by atoms with Crippen molar-refractivity contribution in [3.05, 3.63) is 24.3 Å². The van der Waals surface area contributed by atoms with Crippen LogP contribution in [-0.2, 0) is 9.53 Å². The number of hydrogen-bond donors (Lipinski definition) is 2. The summed E-state index contributed by atoms with van der Waals surface area (Å²) in [6.07, 6.45) is -0.235. The third-order valence-corrected chi connectivity index (χ3v) is 2.20. The highest BCUT2D eigenvalue weighted by atomic mass is 35.5. The van der Waals surface area contributed by atoms with E-state index in [1.165, 1.54) is 0 Å². The van der Waals surface area contributed by atoms with Gasteiger partial charge in [0.25, 0.3) is 0 Å². The molecule has 1 aromatic rings. The van der Waals surface area contributed by atoms with Crippen LogP contribution in [0.1, 0.15) is 13.3 Å². The Morgan fingerprint density at radius 3 is 2.22 bits per heavy atom. The smallest absolute Gasteiger partial charge is 0.411 e. The lowest BCUT2D eigenvalue weighted by Gasteiger charge is -2.07. The molecule has 0 heterocycles. The molecule has 0 unspecified atom stereocenters. The SMILES string of the molecule is CCOC(=O)Nc1ccc(NC(=O)CCCl)cc1. The molecular weight excluding hydrogens is 256 g/mol. The molecule has 2 N–H and O–H groups in total. The topological polar surface area (TPSA) is 67.4 Å². The van der Waals surface area contributed by atoms with Crippen LogP contribution in [0.5, 0.6) is 0 Å². The number of carbonyl (C=O) groups excluding carboxylic acids is 2. The predicted octanol–water partition coefficient (Wildman–Crippen LogP) is 2.82. The van der Waals surface area contributed by atoms with Gasteiger partial charge in [-0.15, -0.1) is 11.6 Å². The van der Waals surface area contributed by atoms with Gasteiger partial charge in [-0.1, -0.05) is 0 Å². The van der Waals surface area contributed by atoms with Crippen molar-refractivity contribution in [1.82, 2.24) is 0 Å². The summed E-state index contributed by atoms with van der Waals surface area (Å²) in [7, 11) is 0. The summed E-state index contributed by atoms with van der Waals surface area (Å²) in [5, 5.41) is 5.23. The van der Waals surface area contributed by atoms with E-state index >= 15 is 0 Å². The van der Waals surface area contributed by atoms with Crippen LogP contribution < -0.4 is 10.6 Å². The number of hydrogen-bond acceptors (Lipinski definition) is 3. The molecule has 0 aliphatic carbocycles. The van der Waals surface area contributed by atoms with E-state index in [4.69, 9.17) is 16.3 Å². The van der Waals surface area contributed by atoms with Gasteiger partial charge in [0.2, 0.25) is 5.91 Å². The lowest BCUT2D eigenvalue weighted by atomic mass is 10.2. The summed E-state index contributed by atoms with van der Waals surface area (Å²) >= 11 is 5.45.